The molecule has 0 N–H and O–H groups in total. The van der Waals surface area contributed by atoms with E-state index in [1.807, 2.05) is 60.7 Å². The Balaban J connectivity index is 1.49. The number of amides is 1. The SMILES string of the molecule is C=CC(=O)N1CCCC1Cn1c(=O)n(-c2ccc(Oc3ccccc3)cc2)c2cnccc21. The van der Waals surface area contributed by atoms with Crippen molar-refractivity contribution in [2.24, 2.45) is 0 Å². The fourth-order valence-electron chi connectivity index (χ4n) is 4.46. The van der Waals surface area contributed by atoms with Gasteiger partial charge in [-0.1, -0.05) is 24.8 Å². The van der Waals surface area contributed by atoms with Crippen LogP contribution in [0.25, 0.3) is 16.7 Å². The molecule has 7 nitrogen and oxygen atoms in total. The number of nitrogens with zero attached hydrogens (tertiary/aromatic N) is 4. The minimum absolute atomic E-state index is 0.0398. The summed E-state index contributed by atoms with van der Waals surface area (Å²) in [5.41, 5.74) is 2.08. The number of para-hydroxylation sites is 1. The van der Waals surface area contributed by atoms with Crippen molar-refractivity contribution in [1.82, 2.24) is 19.0 Å². The summed E-state index contributed by atoms with van der Waals surface area (Å²) in [6, 6.07) is 18.8. The van der Waals surface area contributed by atoms with Crippen LogP contribution in [0.1, 0.15) is 12.8 Å². The van der Waals surface area contributed by atoms with Gasteiger partial charge in [-0.3, -0.25) is 18.9 Å². The van der Waals surface area contributed by atoms with Crippen molar-refractivity contribution in [1.29, 1.82) is 0 Å². The van der Waals surface area contributed by atoms with Gasteiger partial charge in [0.25, 0.3) is 0 Å². The van der Waals surface area contributed by atoms with E-state index in [9.17, 15) is 9.59 Å². The number of hydrogen-bond acceptors (Lipinski definition) is 4. The van der Waals surface area contributed by atoms with Gasteiger partial charge in [0.1, 0.15) is 11.5 Å². The van der Waals surface area contributed by atoms with E-state index >= 15 is 0 Å². The average Bonchev–Trinajstić information content (AvgIpc) is 3.43. The summed E-state index contributed by atoms with van der Waals surface area (Å²) in [5.74, 6) is 1.34. The van der Waals surface area contributed by atoms with Gasteiger partial charge in [0.2, 0.25) is 5.91 Å². The number of aromatic nitrogens is 3. The van der Waals surface area contributed by atoms with Gasteiger partial charge in [-0.15, -0.1) is 0 Å². The zero-order valence-electron chi connectivity index (χ0n) is 18.1. The van der Waals surface area contributed by atoms with Crippen LogP contribution in [0, 0.1) is 0 Å². The highest BCUT2D eigenvalue weighted by molar-refractivity contribution is 5.87. The van der Waals surface area contributed by atoms with E-state index in [1.165, 1.54) is 6.08 Å². The van der Waals surface area contributed by atoms with E-state index in [-0.39, 0.29) is 17.6 Å². The minimum Gasteiger partial charge on any atom is -0.457 e. The second-order valence-corrected chi connectivity index (χ2v) is 8.03. The molecule has 1 fully saturated rings. The van der Waals surface area contributed by atoms with Gasteiger partial charge in [-0.25, -0.2) is 4.79 Å². The van der Waals surface area contributed by atoms with Crippen LogP contribution >= 0.6 is 0 Å². The second-order valence-electron chi connectivity index (χ2n) is 8.03. The molecule has 1 unspecified atom stereocenters. The molecule has 0 aliphatic carbocycles. The third kappa shape index (κ3) is 3.93. The van der Waals surface area contributed by atoms with E-state index in [0.29, 0.717) is 18.8 Å². The van der Waals surface area contributed by atoms with Crippen LogP contribution < -0.4 is 10.4 Å². The van der Waals surface area contributed by atoms with Crippen LogP contribution in [0.3, 0.4) is 0 Å². The monoisotopic (exact) mass is 440 g/mol. The Morgan fingerprint density at radius 1 is 1.06 bits per heavy atom. The molecule has 1 aliphatic rings. The molecule has 0 radical (unpaired) electrons. The molecule has 2 aromatic carbocycles. The lowest BCUT2D eigenvalue weighted by Crippen LogP contribution is -2.39. The average molecular weight is 441 g/mol. The number of rotatable bonds is 6. The van der Waals surface area contributed by atoms with Crippen molar-refractivity contribution >= 4 is 16.9 Å². The summed E-state index contributed by atoms with van der Waals surface area (Å²) in [6.07, 6.45) is 6.49. The van der Waals surface area contributed by atoms with E-state index in [1.54, 1.807) is 26.4 Å². The first kappa shape index (κ1) is 20.8. The number of likely N-dealkylation sites (tertiary alicyclic amines) is 1. The van der Waals surface area contributed by atoms with Crippen molar-refractivity contribution in [3.63, 3.8) is 0 Å². The van der Waals surface area contributed by atoms with Crippen molar-refractivity contribution in [3.05, 3.63) is 96.2 Å². The number of hydrogen-bond donors (Lipinski definition) is 0. The number of carbonyl (C=O) groups excluding carboxylic acids is 1. The summed E-state index contributed by atoms with van der Waals surface area (Å²) in [5, 5.41) is 0. The predicted octanol–water partition coefficient (Wildman–Crippen LogP) is 4.16. The highest BCUT2D eigenvalue weighted by Gasteiger charge is 2.29. The molecule has 1 saturated heterocycles. The van der Waals surface area contributed by atoms with Crippen molar-refractivity contribution in [3.8, 4) is 17.2 Å². The van der Waals surface area contributed by atoms with Crippen molar-refractivity contribution in [2.45, 2.75) is 25.4 Å². The number of benzene rings is 2. The Labute approximate surface area is 191 Å². The number of fused-ring (bicyclic) bond motifs is 1. The summed E-state index contributed by atoms with van der Waals surface area (Å²) in [6.45, 7) is 4.73. The number of ether oxygens (including phenoxy) is 1. The summed E-state index contributed by atoms with van der Waals surface area (Å²) >= 11 is 0. The molecule has 3 heterocycles. The normalized spacial score (nSPS) is 15.6. The molecule has 0 saturated carbocycles. The predicted molar refractivity (Wildman–Crippen MR) is 127 cm³/mol. The van der Waals surface area contributed by atoms with E-state index in [2.05, 4.69) is 11.6 Å². The van der Waals surface area contributed by atoms with Gasteiger partial charge in [-0.2, -0.15) is 0 Å². The van der Waals surface area contributed by atoms with Crippen LogP contribution in [-0.2, 0) is 11.3 Å². The lowest BCUT2D eigenvalue weighted by Gasteiger charge is -2.23. The lowest BCUT2D eigenvalue weighted by atomic mass is 10.2. The Bertz CT molecular complexity index is 1360. The molecule has 0 spiro atoms. The molecule has 7 heteroatoms. The fourth-order valence-corrected chi connectivity index (χ4v) is 4.46. The van der Waals surface area contributed by atoms with Crippen LogP contribution in [0.2, 0.25) is 0 Å². The quantitative estimate of drug-likeness (QED) is 0.422. The maximum absolute atomic E-state index is 13.5. The molecule has 2 aromatic heterocycles. The minimum atomic E-state index is -0.160. The topological polar surface area (TPSA) is 69.4 Å². The van der Waals surface area contributed by atoms with Gasteiger partial charge < -0.3 is 9.64 Å². The number of imidazole rings is 1. The molecule has 166 valence electrons. The zero-order chi connectivity index (χ0) is 22.8. The second kappa shape index (κ2) is 8.78. The smallest absolute Gasteiger partial charge is 0.333 e. The van der Waals surface area contributed by atoms with Crippen molar-refractivity contribution in [2.75, 3.05) is 6.54 Å². The van der Waals surface area contributed by atoms with Crippen LogP contribution in [-0.4, -0.2) is 37.5 Å². The van der Waals surface area contributed by atoms with Gasteiger partial charge >= 0.3 is 5.69 Å². The molecule has 33 heavy (non-hydrogen) atoms. The van der Waals surface area contributed by atoms with Gasteiger partial charge in [0.05, 0.1) is 29.0 Å². The highest BCUT2D eigenvalue weighted by Crippen LogP contribution is 2.25. The summed E-state index contributed by atoms with van der Waals surface area (Å²) < 4.78 is 9.27. The molecular formula is C26H24N4O3. The third-order valence-electron chi connectivity index (χ3n) is 6.03. The Hall–Kier alpha value is -4.13. The van der Waals surface area contributed by atoms with E-state index < -0.39 is 0 Å². The van der Waals surface area contributed by atoms with Gasteiger partial charge in [-0.05, 0) is 61.4 Å². The number of carbonyl (C=O) groups is 1. The first-order valence-corrected chi connectivity index (χ1v) is 11.0. The zero-order valence-corrected chi connectivity index (χ0v) is 18.1. The third-order valence-corrected chi connectivity index (χ3v) is 6.03. The summed E-state index contributed by atoms with van der Waals surface area (Å²) in [4.78, 5) is 31.8. The van der Waals surface area contributed by atoms with Crippen molar-refractivity contribution < 1.29 is 9.53 Å². The lowest BCUT2D eigenvalue weighted by molar-refractivity contribution is -0.127. The molecule has 5 rings (SSSR count). The standard InChI is InChI=1S/C26H24N4O3/c1-2-25(31)28-16-6-7-20(28)18-29-23-14-15-27-17-24(23)30(26(29)32)19-10-12-22(13-11-19)33-21-8-4-3-5-9-21/h2-5,8-15,17,20H,1,6-7,16,18H2. The van der Waals surface area contributed by atoms with E-state index in [0.717, 1.165) is 35.3 Å². The Morgan fingerprint density at radius 3 is 2.58 bits per heavy atom. The van der Waals surface area contributed by atoms with Crippen LogP contribution in [0.5, 0.6) is 11.5 Å². The molecule has 1 aliphatic heterocycles. The fraction of sp³-hybridized carbons (Fsp3) is 0.192. The molecule has 1 atom stereocenters. The Kier molecular flexibility index (Phi) is 5.52. The maximum atomic E-state index is 13.5. The van der Waals surface area contributed by atoms with Crippen LogP contribution in [0.4, 0.5) is 0 Å². The molecule has 4 aromatic rings. The maximum Gasteiger partial charge on any atom is 0.333 e. The van der Waals surface area contributed by atoms with Crippen LogP contribution in [0.15, 0.2) is 90.5 Å². The van der Waals surface area contributed by atoms with Gasteiger partial charge in [0, 0.05) is 19.3 Å². The molecule has 0 bridgehead atoms. The highest BCUT2D eigenvalue weighted by atomic mass is 16.5. The largest absolute Gasteiger partial charge is 0.457 e. The van der Waals surface area contributed by atoms with Gasteiger partial charge in [0.15, 0.2) is 0 Å². The summed E-state index contributed by atoms with van der Waals surface area (Å²) in [7, 11) is 0. The molecule has 1 amide bonds. The van der Waals surface area contributed by atoms with E-state index in [4.69, 9.17) is 4.74 Å². The first-order chi connectivity index (χ1) is 16.2. The first-order valence-electron chi connectivity index (χ1n) is 11.0. The number of pyridine rings is 1. The Morgan fingerprint density at radius 2 is 1.82 bits per heavy atom. The molecular weight excluding hydrogens is 416 g/mol.